The quantitative estimate of drug-likeness (QED) is 0.719. The SMILES string of the molecule is CC.CCC(=O)C1CCCCC1O. The number of rotatable bonds is 2. The van der Waals surface area contributed by atoms with E-state index in [9.17, 15) is 9.90 Å². The minimum absolute atomic E-state index is 0.0475. The van der Waals surface area contributed by atoms with Gasteiger partial charge in [-0.1, -0.05) is 33.6 Å². The van der Waals surface area contributed by atoms with Crippen molar-refractivity contribution in [3.63, 3.8) is 0 Å². The van der Waals surface area contributed by atoms with Crippen molar-refractivity contribution in [1.29, 1.82) is 0 Å². The standard InChI is InChI=1S/C9H16O2.C2H6/c1-2-8(10)7-5-3-4-6-9(7)11;1-2/h7,9,11H,2-6H2,1H3;1-2H3. The van der Waals surface area contributed by atoms with Gasteiger partial charge in [-0.25, -0.2) is 0 Å². The highest BCUT2D eigenvalue weighted by Gasteiger charge is 2.27. The van der Waals surface area contributed by atoms with Crippen LogP contribution in [0.2, 0.25) is 0 Å². The highest BCUT2D eigenvalue weighted by atomic mass is 16.3. The molecule has 1 rings (SSSR count). The van der Waals surface area contributed by atoms with E-state index in [1.807, 2.05) is 20.8 Å². The Bertz CT molecular complexity index is 143. The molecule has 0 radical (unpaired) electrons. The Balaban J connectivity index is 0.000000671. The predicted octanol–water partition coefficient (Wildman–Crippen LogP) is 2.54. The molecule has 1 N–H and O–H groups in total. The van der Waals surface area contributed by atoms with Crippen molar-refractivity contribution in [2.24, 2.45) is 5.92 Å². The fraction of sp³-hybridized carbons (Fsp3) is 0.909. The van der Waals surface area contributed by atoms with Crippen LogP contribution in [0.4, 0.5) is 0 Å². The lowest BCUT2D eigenvalue weighted by Gasteiger charge is -2.25. The van der Waals surface area contributed by atoms with Gasteiger partial charge < -0.3 is 5.11 Å². The van der Waals surface area contributed by atoms with Crippen LogP contribution in [0.15, 0.2) is 0 Å². The van der Waals surface area contributed by atoms with Crippen LogP contribution < -0.4 is 0 Å². The third-order valence-corrected chi connectivity index (χ3v) is 2.49. The molecule has 1 aliphatic carbocycles. The molecule has 2 unspecified atom stereocenters. The smallest absolute Gasteiger partial charge is 0.138 e. The molecule has 0 aromatic carbocycles. The Morgan fingerprint density at radius 1 is 1.31 bits per heavy atom. The van der Waals surface area contributed by atoms with E-state index in [1.165, 1.54) is 0 Å². The van der Waals surface area contributed by atoms with Crippen LogP contribution in [0, 0.1) is 5.92 Å². The minimum atomic E-state index is -0.351. The first-order chi connectivity index (χ1) is 6.25. The molecule has 2 heteroatoms. The molecular weight excluding hydrogens is 164 g/mol. The van der Waals surface area contributed by atoms with Crippen LogP contribution in [0.25, 0.3) is 0 Å². The summed E-state index contributed by atoms with van der Waals surface area (Å²) >= 11 is 0. The topological polar surface area (TPSA) is 37.3 Å². The summed E-state index contributed by atoms with van der Waals surface area (Å²) in [5.74, 6) is 0.186. The van der Waals surface area contributed by atoms with E-state index in [4.69, 9.17) is 0 Å². The molecule has 2 nitrogen and oxygen atoms in total. The summed E-state index contributed by atoms with van der Waals surface area (Å²) in [6.07, 6.45) is 4.12. The normalized spacial score (nSPS) is 27.4. The van der Waals surface area contributed by atoms with Crippen LogP contribution >= 0.6 is 0 Å². The van der Waals surface area contributed by atoms with Crippen molar-refractivity contribution in [2.45, 2.75) is 59.0 Å². The van der Waals surface area contributed by atoms with Gasteiger partial charge in [-0.3, -0.25) is 4.79 Å². The fourth-order valence-electron chi connectivity index (χ4n) is 1.75. The summed E-state index contributed by atoms with van der Waals surface area (Å²) in [6.45, 7) is 5.86. The summed E-state index contributed by atoms with van der Waals surface area (Å²) in [5.41, 5.74) is 0. The van der Waals surface area contributed by atoms with E-state index >= 15 is 0 Å². The maximum Gasteiger partial charge on any atom is 0.138 e. The lowest BCUT2D eigenvalue weighted by molar-refractivity contribution is -0.127. The van der Waals surface area contributed by atoms with E-state index in [0.717, 1.165) is 25.7 Å². The van der Waals surface area contributed by atoms with Crippen molar-refractivity contribution in [2.75, 3.05) is 0 Å². The number of Topliss-reactive ketones (excluding diaryl/α,β-unsaturated/α-hetero) is 1. The van der Waals surface area contributed by atoms with Gasteiger partial charge in [0, 0.05) is 12.3 Å². The Kier molecular flexibility index (Phi) is 6.87. The first kappa shape index (κ1) is 12.6. The van der Waals surface area contributed by atoms with Gasteiger partial charge in [-0.2, -0.15) is 0 Å². The third kappa shape index (κ3) is 3.90. The summed E-state index contributed by atoms with van der Waals surface area (Å²) in [6, 6.07) is 0. The molecule has 1 fully saturated rings. The van der Waals surface area contributed by atoms with Crippen LogP contribution in [0.5, 0.6) is 0 Å². The van der Waals surface area contributed by atoms with E-state index < -0.39 is 0 Å². The van der Waals surface area contributed by atoms with Gasteiger partial charge in [0.2, 0.25) is 0 Å². The highest BCUT2D eigenvalue weighted by Crippen LogP contribution is 2.25. The number of hydrogen-bond acceptors (Lipinski definition) is 2. The molecule has 0 aromatic heterocycles. The average molecular weight is 186 g/mol. The summed E-state index contributed by atoms with van der Waals surface area (Å²) < 4.78 is 0. The molecule has 0 saturated heterocycles. The third-order valence-electron chi connectivity index (χ3n) is 2.49. The van der Waals surface area contributed by atoms with Gasteiger partial charge in [-0.05, 0) is 12.8 Å². The second kappa shape index (κ2) is 7.07. The van der Waals surface area contributed by atoms with Crippen molar-refractivity contribution in [1.82, 2.24) is 0 Å². The monoisotopic (exact) mass is 186 g/mol. The Morgan fingerprint density at radius 2 is 1.85 bits per heavy atom. The zero-order valence-electron chi connectivity index (χ0n) is 9.05. The van der Waals surface area contributed by atoms with E-state index in [1.54, 1.807) is 0 Å². The van der Waals surface area contributed by atoms with Gasteiger partial charge >= 0.3 is 0 Å². The molecule has 0 aromatic rings. The van der Waals surface area contributed by atoms with Crippen molar-refractivity contribution < 1.29 is 9.90 Å². The van der Waals surface area contributed by atoms with Gasteiger partial charge in [0.25, 0.3) is 0 Å². The molecule has 2 atom stereocenters. The average Bonchev–Trinajstić information content (AvgIpc) is 2.20. The number of aliphatic hydroxyl groups is 1. The lowest BCUT2D eigenvalue weighted by Crippen LogP contribution is -2.30. The molecule has 0 spiro atoms. The second-order valence-electron chi connectivity index (χ2n) is 3.28. The summed E-state index contributed by atoms with van der Waals surface area (Å²) in [5, 5.41) is 9.45. The lowest BCUT2D eigenvalue weighted by atomic mass is 9.83. The number of carbonyl (C=O) groups is 1. The first-order valence-electron chi connectivity index (χ1n) is 5.46. The van der Waals surface area contributed by atoms with Gasteiger partial charge in [-0.15, -0.1) is 0 Å². The van der Waals surface area contributed by atoms with Crippen LogP contribution in [0.1, 0.15) is 52.9 Å². The largest absolute Gasteiger partial charge is 0.392 e. The number of hydrogen-bond donors (Lipinski definition) is 1. The maximum atomic E-state index is 11.2. The Hall–Kier alpha value is -0.370. The molecule has 78 valence electrons. The van der Waals surface area contributed by atoms with E-state index in [2.05, 4.69) is 0 Å². The Labute approximate surface area is 81.3 Å². The summed E-state index contributed by atoms with van der Waals surface area (Å²) in [4.78, 5) is 11.2. The number of ketones is 1. The maximum absolute atomic E-state index is 11.2. The fourth-order valence-corrected chi connectivity index (χ4v) is 1.75. The van der Waals surface area contributed by atoms with Crippen molar-refractivity contribution in [3.05, 3.63) is 0 Å². The molecule has 0 aliphatic heterocycles. The van der Waals surface area contributed by atoms with Crippen molar-refractivity contribution >= 4 is 5.78 Å². The predicted molar refractivity (Wildman–Crippen MR) is 54.6 cm³/mol. The highest BCUT2D eigenvalue weighted by molar-refractivity contribution is 5.81. The number of aliphatic hydroxyl groups excluding tert-OH is 1. The zero-order valence-corrected chi connectivity index (χ0v) is 9.05. The molecular formula is C11H22O2. The van der Waals surface area contributed by atoms with Crippen LogP contribution in [-0.4, -0.2) is 17.0 Å². The zero-order chi connectivity index (χ0) is 10.3. The molecule has 1 saturated carbocycles. The van der Waals surface area contributed by atoms with Crippen LogP contribution in [-0.2, 0) is 4.79 Å². The molecule has 13 heavy (non-hydrogen) atoms. The van der Waals surface area contributed by atoms with E-state index in [-0.39, 0.29) is 17.8 Å². The Morgan fingerprint density at radius 3 is 2.31 bits per heavy atom. The van der Waals surface area contributed by atoms with Gasteiger partial charge in [0.1, 0.15) is 5.78 Å². The second-order valence-corrected chi connectivity index (χ2v) is 3.28. The number of carbonyl (C=O) groups excluding carboxylic acids is 1. The van der Waals surface area contributed by atoms with Gasteiger partial charge in [0.05, 0.1) is 6.10 Å². The molecule has 0 amide bonds. The molecule has 0 heterocycles. The van der Waals surface area contributed by atoms with Crippen LogP contribution in [0.3, 0.4) is 0 Å². The molecule has 1 aliphatic rings. The summed E-state index contributed by atoms with van der Waals surface area (Å²) in [7, 11) is 0. The minimum Gasteiger partial charge on any atom is -0.392 e. The molecule has 0 bridgehead atoms. The van der Waals surface area contributed by atoms with Gasteiger partial charge in [0.15, 0.2) is 0 Å². The van der Waals surface area contributed by atoms with E-state index in [0.29, 0.717) is 6.42 Å². The first-order valence-corrected chi connectivity index (χ1v) is 5.46. The van der Waals surface area contributed by atoms with Crippen molar-refractivity contribution in [3.8, 4) is 0 Å².